The predicted molar refractivity (Wildman–Crippen MR) is 70.8 cm³/mol. The number of H-pyrrole nitrogens is 1. The summed E-state index contributed by atoms with van der Waals surface area (Å²) in [6.07, 6.45) is 3.05. The van der Waals surface area contributed by atoms with Gasteiger partial charge in [0.1, 0.15) is 0 Å². The summed E-state index contributed by atoms with van der Waals surface area (Å²) in [5.74, 6) is 0. The van der Waals surface area contributed by atoms with Crippen molar-refractivity contribution in [3.05, 3.63) is 41.6 Å². The molecule has 1 aromatic carbocycles. The molecule has 0 atom stereocenters. The van der Waals surface area contributed by atoms with Gasteiger partial charge in [0, 0.05) is 12.1 Å². The third kappa shape index (κ3) is 2.94. The fourth-order valence-electron chi connectivity index (χ4n) is 1.82. The van der Waals surface area contributed by atoms with Crippen LogP contribution in [0.15, 0.2) is 30.5 Å². The summed E-state index contributed by atoms with van der Waals surface area (Å²) in [4.78, 5) is 0. The number of hydrogen-bond donors (Lipinski definition) is 2. The Morgan fingerprint density at radius 1 is 1.24 bits per heavy atom. The van der Waals surface area contributed by atoms with Crippen LogP contribution in [0.1, 0.15) is 24.5 Å². The largest absolute Gasteiger partial charge is 0.313 e. The SMILES string of the molecule is CCCNCc1cn[nH]c1-c1ccc(C)cc1. The smallest absolute Gasteiger partial charge is 0.0695 e. The van der Waals surface area contributed by atoms with Crippen molar-refractivity contribution in [2.24, 2.45) is 0 Å². The van der Waals surface area contributed by atoms with E-state index in [1.807, 2.05) is 6.20 Å². The summed E-state index contributed by atoms with van der Waals surface area (Å²) in [7, 11) is 0. The van der Waals surface area contributed by atoms with E-state index in [9.17, 15) is 0 Å². The highest BCUT2D eigenvalue weighted by atomic mass is 15.1. The highest BCUT2D eigenvalue weighted by molar-refractivity contribution is 5.62. The molecule has 1 heterocycles. The minimum atomic E-state index is 0.869. The molecule has 1 aromatic heterocycles. The average molecular weight is 229 g/mol. The van der Waals surface area contributed by atoms with Crippen LogP contribution in [0.5, 0.6) is 0 Å². The first kappa shape index (κ1) is 11.9. The third-order valence-electron chi connectivity index (χ3n) is 2.80. The molecule has 0 aliphatic carbocycles. The van der Waals surface area contributed by atoms with E-state index in [0.29, 0.717) is 0 Å². The zero-order valence-corrected chi connectivity index (χ0v) is 10.5. The molecule has 2 N–H and O–H groups in total. The maximum Gasteiger partial charge on any atom is 0.0695 e. The second-order valence-corrected chi connectivity index (χ2v) is 4.31. The predicted octanol–water partition coefficient (Wildman–Crippen LogP) is 2.88. The van der Waals surface area contributed by atoms with Crippen LogP contribution in [0.25, 0.3) is 11.3 Å². The van der Waals surface area contributed by atoms with Crippen LogP contribution in [0.3, 0.4) is 0 Å². The van der Waals surface area contributed by atoms with Crippen LogP contribution in [-0.2, 0) is 6.54 Å². The summed E-state index contributed by atoms with van der Waals surface area (Å²) in [6.45, 7) is 6.18. The molecule has 0 radical (unpaired) electrons. The van der Waals surface area contributed by atoms with Crippen molar-refractivity contribution >= 4 is 0 Å². The number of aromatic amines is 1. The number of nitrogens with one attached hydrogen (secondary N) is 2. The van der Waals surface area contributed by atoms with E-state index in [1.54, 1.807) is 0 Å². The highest BCUT2D eigenvalue weighted by Crippen LogP contribution is 2.21. The average Bonchev–Trinajstić information content (AvgIpc) is 2.79. The van der Waals surface area contributed by atoms with Gasteiger partial charge in [0.2, 0.25) is 0 Å². The molecule has 0 amide bonds. The number of rotatable bonds is 5. The first-order valence-electron chi connectivity index (χ1n) is 6.11. The summed E-state index contributed by atoms with van der Waals surface area (Å²) in [6, 6.07) is 8.51. The molecule has 17 heavy (non-hydrogen) atoms. The zero-order valence-electron chi connectivity index (χ0n) is 10.5. The number of benzene rings is 1. The van der Waals surface area contributed by atoms with Crippen molar-refractivity contribution in [3.63, 3.8) is 0 Å². The van der Waals surface area contributed by atoms with Crippen molar-refractivity contribution in [3.8, 4) is 11.3 Å². The molecular weight excluding hydrogens is 210 g/mol. The zero-order chi connectivity index (χ0) is 12.1. The summed E-state index contributed by atoms with van der Waals surface area (Å²) < 4.78 is 0. The van der Waals surface area contributed by atoms with Crippen molar-refractivity contribution < 1.29 is 0 Å². The topological polar surface area (TPSA) is 40.7 Å². The van der Waals surface area contributed by atoms with Gasteiger partial charge in [-0.2, -0.15) is 5.10 Å². The first-order chi connectivity index (χ1) is 8.31. The van der Waals surface area contributed by atoms with Crippen molar-refractivity contribution in [1.29, 1.82) is 0 Å². The Labute approximate surface area is 102 Å². The van der Waals surface area contributed by atoms with Gasteiger partial charge in [-0.05, 0) is 25.5 Å². The van der Waals surface area contributed by atoms with Gasteiger partial charge >= 0.3 is 0 Å². The number of hydrogen-bond acceptors (Lipinski definition) is 2. The number of nitrogens with zero attached hydrogens (tertiary/aromatic N) is 1. The minimum absolute atomic E-state index is 0.869. The van der Waals surface area contributed by atoms with Crippen molar-refractivity contribution in [1.82, 2.24) is 15.5 Å². The lowest BCUT2D eigenvalue weighted by Crippen LogP contribution is -2.13. The van der Waals surface area contributed by atoms with E-state index < -0.39 is 0 Å². The van der Waals surface area contributed by atoms with E-state index in [0.717, 1.165) is 25.2 Å². The molecule has 3 heteroatoms. The van der Waals surface area contributed by atoms with E-state index in [2.05, 4.69) is 53.6 Å². The third-order valence-corrected chi connectivity index (χ3v) is 2.80. The molecule has 90 valence electrons. The molecule has 0 unspecified atom stereocenters. The van der Waals surface area contributed by atoms with Crippen LogP contribution in [0.4, 0.5) is 0 Å². The fraction of sp³-hybridized carbons (Fsp3) is 0.357. The lowest BCUT2D eigenvalue weighted by molar-refractivity contribution is 0.676. The molecule has 0 spiro atoms. The molecule has 0 saturated carbocycles. The van der Waals surface area contributed by atoms with Gasteiger partial charge in [0.05, 0.1) is 11.9 Å². The van der Waals surface area contributed by atoms with Crippen molar-refractivity contribution in [2.45, 2.75) is 26.8 Å². The summed E-state index contributed by atoms with van der Waals surface area (Å²) in [5, 5.41) is 10.6. The minimum Gasteiger partial charge on any atom is -0.313 e. The Morgan fingerprint density at radius 2 is 2.00 bits per heavy atom. The molecule has 0 aliphatic rings. The van der Waals surface area contributed by atoms with Crippen LogP contribution in [0.2, 0.25) is 0 Å². The molecule has 3 nitrogen and oxygen atoms in total. The van der Waals surface area contributed by atoms with Gasteiger partial charge in [-0.3, -0.25) is 5.10 Å². The monoisotopic (exact) mass is 229 g/mol. The Kier molecular flexibility index (Phi) is 3.94. The van der Waals surface area contributed by atoms with Crippen LogP contribution in [0, 0.1) is 6.92 Å². The Balaban J connectivity index is 2.15. The summed E-state index contributed by atoms with van der Waals surface area (Å²) in [5.41, 5.74) is 4.82. The molecule has 0 bridgehead atoms. The molecule has 2 rings (SSSR count). The van der Waals surface area contributed by atoms with E-state index >= 15 is 0 Å². The maximum atomic E-state index is 4.13. The fourth-order valence-corrected chi connectivity index (χ4v) is 1.82. The lowest BCUT2D eigenvalue weighted by Gasteiger charge is -2.05. The number of aromatic nitrogens is 2. The van der Waals surface area contributed by atoms with Gasteiger partial charge in [-0.1, -0.05) is 36.8 Å². The molecule has 0 fully saturated rings. The van der Waals surface area contributed by atoms with Gasteiger partial charge in [0.15, 0.2) is 0 Å². The van der Waals surface area contributed by atoms with Gasteiger partial charge in [-0.25, -0.2) is 0 Å². The standard InChI is InChI=1S/C14H19N3/c1-3-8-15-9-13-10-16-17-14(13)12-6-4-11(2)5-7-12/h4-7,10,15H,3,8-9H2,1-2H3,(H,16,17). The normalized spacial score (nSPS) is 10.7. The van der Waals surface area contributed by atoms with E-state index in [4.69, 9.17) is 0 Å². The van der Waals surface area contributed by atoms with Gasteiger partial charge < -0.3 is 5.32 Å². The van der Waals surface area contributed by atoms with Crippen LogP contribution in [-0.4, -0.2) is 16.7 Å². The van der Waals surface area contributed by atoms with Crippen LogP contribution < -0.4 is 5.32 Å². The van der Waals surface area contributed by atoms with E-state index in [1.165, 1.54) is 16.7 Å². The summed E-state index contributed by atoms with van der Waals surface area (Å²) >= 11 is 0. The second kappa shape index (κ2) is 5.64. The Bertz CT molecular complexity index is 457. The Morgan fingerprint density at radius 3 is 2.71 bits per heavy atom. The lowest BCUT2D eigenvalue weighted by atomic mass is 10.1. The Hall–Kier alpha value is -1.61. The van der Waals surface area contributed by atoms with Gasteiger partial charge in [-0.15, -0.1) is 0 Å². The second-order valence-electron chi connectivity index (χ2n) is 4.31. The van der Waals surface area contributed by atoms with Crippen molar-refractivity contribution in [2.75, 3.05) is 6.54 Å². The first-order valence-corrected chi connectivity index (χ1v) is 6.11. The highest BCUT2D eigenvalue weighted by Gasteiger charge is 2.06. The van der Waals surface area contributed by atoms with Gasteiger partial charge in [0.25, 0.3) is 0 Å². The quantitative estimate of drug-likeness (QED) is 0.774. The molecular formula is C14H19N3. The maximum absolute atomic E-state index is 4.13. The molecule has 0 saturated heterocycles. The van der Waals surface area contributed by atoms with E-state index in [-0.39, 0.29) is 0 Å². The van der Waals surface area contributed by atoms with Crippen LogP contribution >= 0.6 is 0 Å². The molecule has 0 aliphatic heterocycles. The molecule has 2 aromatic rings. The number of aryl methyl sites for hydroxylation is 1.